The highest BCUT2D eigenvalue weighted by atomic mass is 19.1. The normalized spacial score (nSPS) is 16.0. The van der Waals surface area contributed by atoms with Crippen LogP contribution >= 0.6 is 0 Å². The standard InChI is InChI=1S/C17H21FN2O/c1-12(19-2)16-10-13(18)5-8-17(16)20(14-6-7-14)11-15-4-3-9-21-15/h3-5,8-10,12,14,19H,6-7,11H2,1-2H3. The quantitative estimate of drug-likeness (QED) is 0.874. The molecule has 3 rings (SSSR count). The van der Waals surface area contributed by atoms with Crippen LogP contribution in [-0.4, -0.2) is 13.1 Å². The zero-order valence-electron chi connectivity index (χ0n) is 12.5. The van der Waals surface area contributed by atoms with Crippen molar-refractivity contribution in [2.75, 3.05) is 11.9 Å². The molecule has 0 aliphatic heterocycles. The predicted octanol–water partition coefficient (Wildman–Crippen LogP) is 3.87. The van der Waals surface area contributed by atoms with Gasteiger partial charge >= 0.3 is 0 Å². The van der Waals surface area contributed by atoms with Crippen LogP contribution in [0.3, 0.4) is 0 Å². The van der Waals surface area contributed by atoms with E-state index in [4.69, 9.17) is 4.42 Å². The lowest BCUT2D eigenvalue weighted by Crippen LogP contribution is -2.27. The summed E-state index contributed by atoms with van der Waals surface area (Å²) in [6.07, 6.45) is 4.07. The summed E-state index contributed by atoms with van der Waals surface area (Å²) >= 11 is 0. The van der Waals surface area contributed by atoms with Crippen LogP contribution in [0.2, 0.25) is 0 Å². The van der Waals surface area contributed by atoms with Gasteiger partial charge in [0.1, 0.15) is 11.6 Å². The van der Waals surface area contributed by atoms with Gasteiger partial charge in [0.05, 0.1) is 12.8 Å². The van der Waals surface area contributed by atoms with Crippen LogP contribution in [-0.2, 0) is 6.54 Å². The maximum Gasteiger partial charge on any atom is 0.123 e. The summed E-state index contributed by atoms with van der Waals surface area (Å²) in [5.41, 5.74) is 2.09. The minimum absolute atomic E-state index is 0.105. The molecule has 1 saturated carbocycles. The lowest BCUT2D eigenvalue weighted by atomic mass is 10.0. The summed E-state index contributed by atoms with van der Waals surface area (Å²) in [5, 5.41) is 3.21. The summed E-state index contributed by atoms with van der Waals surface area (Å²) < 4.78 is 19.1. The number of furan rings is 1. The molecule has 1 atom stereocenters. The fraction of sp³-hybridized carbons (Fsp3) is 0.412. The van der Waals surface area contributed by atoms with Crippen molar-refractivity contribution in [2.24, 2.45) is 0 Å². The highest BCUT2D eigenvalue weighted by molar-refractivity contribution is 5.57. The summed E-state index contributed by atoms with van der Waals surface area (Å²) in [6.45, 7) is 2.78. The van der Waals surface area contributed by atoms with Crippen molar-refractivity contribution < 1.29 is 8.81 Å². The number of nitrogens with zero attached hydrogens (tertiary/aromatic N) is 1. The molecule has 1 aliphatic carbocycles. The Labute approximate surface area is 124 Å². The number of hydrogen-bond donors (Lipinski definition) is 1. The molecule has 4 heteroatoms. The van der Waals surface area contributed by atoms with Crippen LogP contribution < -0.4 is 10.2 Å². The van der Waals surface area contributed by atoms with Crippen LogP contribution in [0.1, 0.15) is 37.1 Å². The van der Waals surface area contributed by atoms with Gasteiger partial charge in [0.25, 0.3) is 0 Å². The highest BCUT2D eigenvalue weighted by Crippen LogP contribution is 2.37. The molecule has 1 fully saturated rings. The topological polar surface area (TPSA) is 28.4 Å². The van der Waals surface area contributed by atoms with Crippen molar-refractivity contribution in [3.63, 3.8) is 0 Å². The maximum atomic E-state index is 13.6. The molecule has 112 valence electrons. The molecule has 0 spiro atoms. The van der Waals surface area contributed by atoms with Crippen molar-refractivity contribution in [2.45, 2.75) is 38.4 Å². The van der Waals surface area contributed by atoms with Crippen LogP contribution in [0.15, 0.2) is 41.0 Å². The molecule has 0 bridgehead atoms. The third kappa shape index (κ3) is 3.10. The lowest BCUT2D eigenvalue weighted by Gasteiger charge is -2.28. The summed E-state index contributed by atoms with van der Waals surface area (Å²) in [5.74, 6) is 0.749. The highest BCUT2D eigenvalue weighted by Gasteiger charge is 2.31. The van der Waals surface area contributed by atoms with Crippen LogP contribution in [0.25, 0.3) is 0 Å². The van der Waals surface area contributed by atoms with Gasteiger partial charge in [0.2, 0.25) is 0 Å². The average molecular weight is 288 g/mol. The number of hydrogen-bond acceptors (Lipinski definition) is 3. The molecule has 0 amide bonds. The van der Waals surface area contributed by atoms with Gasteiger partial charge in [-0.05, 0) is 62.7 Å². The smallest absolute Gasteiger partial charge is 0.123 e. The van der Waals surface area contributed by atoms with Crippen molar-refractivity contribution in [3.8, 4) is 0 Å². The van der Waals surface area contributed by atoms with Gasteiger partial charge in [-0.3, -0.25) is 0 Å². The average Bonchev–Trinajstić information content (AvgIpc) is 3.21. The molecule has 3 nitrogen and oxygen atoms in total. The molecule has 1 aromatic heterocycles. The molecule has 1 unspecified atom stereocenters. The Morgan fingerprint density at radius 2 is 2.19 bits per heavy atom. The number of halogens is 1. The summed E-state index contributed by atoms with van der Waals surface area (Å²) in [6, 6.07) is 9.59. The van der Waals surface area contributed by atoms with E-state index in [-0.39, 0.29) is 11.9 Å². The molecule has 2 aromatic rings. The minimum Gasteiger partial charge on any atom is -0.467 e. The van der Waals surface area contributed by atoms with E-state index in [0.29, 0.717) is 6.04 Å². The van der Waals surface area contributed by atoms with Crippen molar-refractivity contribution in [1.82, 2.24) is 5.32 Å². The summed E-state index contributed by atoms with van der Waals surface area (Å²) in [7, 11) is 1.90. The molecule has 21 heavy (non-hydrogen) atoms. The van der Waals surface area contributed by atoms with Crippen LogP contribution in [0, 0.1) is 5.82 Å². The zero-order valence-corrected chi connectivity index (χ0v) is 12.5. The molecule has 0 radical (unpaired) electrons. The van der Waals surface area contributed by atoms with Gasteiger partial charge in [-0.2, -0.15) is 0 Å². The van der Waals surface area contributed by atoms with E-state index in [1.165, 1.54) is 12.8 Å². The van der Waals surface area contributed by atoms with Crippen molar-refractivity contribution in [1.29, 1.82) is 0 Å². The second-order valence-corrected chi connectivity index (χ2v) is 5.65. The van der Waals surface area contributed by atoms with Crippen LogP contribution in [0.5, 0.6) is 0 Å². The molecule has 0 saturated heterocycles. The first kappa shape index (κ1) is 14.1. The number of benzene rings is 1. The Kier molecular flexibility index (Phi) is 3.97. The van der Waals surface area contributed by atoms with E-state index in [1.54, 1.807) is 18.4 Å². The largest absolute Gasteiger partial charge is 0.467 e. The van der Waals surface area contributed by atoms with E-state index in [0.717, 1.165) is 23.6 Å². The number of rotatable bonds is 6. The van der Waals surface area contributed by atoms with Gasteiger partial charge in [-0.15, -0.1) is 0 Å². The van der Waals surface area contributed by atoms with Crippen molar-refractivity contribution >= 4 is 5.69 Å². The van der Waals surface area contributed by atoms with Gasteiger partial charge < -0.3 is 14.6 Å². The first-order chi connectivity index (χ1) is 10.2. The molecular weight excluding hydrogens is 267 g/mol. The van der Waals surface area contributed by atoms with Gasteiger partial charge in [-0.1, -0.05) is 0 Å². The van der Waals surface area contributed by atoms with Gasteiger partial charge in [0.15, 0.2) is 0 Å². The minimum atomic E-state index is -0.190. The second-order valence-electron chi connectivity index (χ2n) is 5.65. The van der Waals surface area contributed by atoms with Crippen molar-refractivity contribution in [3.05, 3.63) is 53.7 Å². The molecular formula is C17H21FN2O. The molecule has 1 aromatic carbocycles. The second kappa shape index (κ2) is 5.90. The predicted molar refractivity (Wildman–Crippen MR) is 81.8 cm³/mol. The first-order valence-corrected chi connectivity index (χ1v) is 7.44. The molecule has 1 N–H and O–H groups in total. The van der Waals surface area contributed by atoms with Crippen LogP contribution in [0.4, 0.5) is 10.1 Å². The zero-order chi connectivity index (χ0) is 14.8. The number of anilines is 1. The maximum absolute atomic E-state index is 13.6. The Hall–Kier alpha value is -1.81. The lowest BCUT2D eigenvalue weighted by molar-refractivity contribution is 0.500. The fourth-order valence-electron chi connectivity index (χ4n) is 2.66. The first-order valence-electron chi connectivity index (χ1n) is 7.44. The van der Waals surface area contributed by atoms with E-state index in [9.17, 15) is 4.39 Å². The van der Waals surface area contributed by atoms with E-state index >= 15 is 0 Å². The molecule has 1 heterocycles. The third-order valence-electron chi connectivity index (χ3n) is 4.09. The monoisotopic (exact) mass is 288 g/mol. The SMILES string of the molecule is CNC(C)c1cc(F)ccc1N(Cc1ccco1)C1CC1. The number of nitrogens with one attached hydrogen (secondary N) is 1. The fourth-order valence-corrected chi connectivity index (χ4v) is 2.66. The molecule has 1 aliphatic rings. The summed E-state index contributed by atoms with van der Waals surface area (Å²) in [4.78, 5) is 2.33. The Balaban J connectivity index is 1.95. The third-order valence-corrected chi connectivity index (χ3v) is 4.09. The van der Waals surface area contributed by atoms with E-state index < -0.39 is 0 Å². The van der Waals surface area contributed by atoms with Gasteiger partial charge in [-0.25, -0.2) is 4.39 Å². The Morgan fingerprint density at radius 3 is 2.81 bits per heavy atom. The Bertz CT molecular complexity index is 593. The van der Waals surface area contributed by atoms with E-state index in [1.807, 2.05) is 25.2 Å². The van der Waals surface area contributed by atoms with E-state index in [2.05, 4.69) is 17.1 Å². The Morgan fingerprint density at radius 1 is 1.38 bits per heavy atom. The van der Waals surface area contributed by atoms with Gasteiger partial charge in [0, 0.05) is 17.8 Å².